The standard InChI is InChI=1S/C12H23NO2/c1-2-3-8-11(13)12(14)15-9-10-6-4-5-7-10/h10-11H,2-9,13H2,1H3/t11-/m0/s1. The molecule has 0 saturated heterocycles. The summed E-state index contributed by atoms with van der Waals surface area (Å²) in [6.45, 7) is 2.68. The van der Waals surface area contributed by atoms with Gasteiger partial charge in [-0.05, 0) is 25.2 Å². The number of hydrogen-bond donors (Lipinski definition) is 1. The Morgan fingerprint density at radius 3 is 2.73 bits per heavy atom. The zero-order chi connectivity index (χ0) is 11.1. The maximum absolute atomic E-state index is 11.5. The van der Waals surface area contributed by atoms with Gasteiger partial charge in [-0.2, -0.15) is 0 Å². The van der Waals surface area contributed by atoms with Gasteiger partial charge in [-0.15, -0.1) is 0 Å². The first-order valence-corrected chi connectivity index (χ1v) is 6.16. The van der Waals surface area contributed by atoms with Gasteiger partial charge in [0.15, 0.2) is 0 Å². The Labute approximate surface area is 92.4 Å². The average molecular weight is 213 g/mol. The van der Waals surface area contributed by atoms with E-state index in [0.29, 0.717) is 12.5 Å². The second kappa shape index (κ2) is 6.83. The molecular weight excluding hydrogens is 190 g/mol. The summed E-state index contributed by atoms with van der Waals surface area (Å²) in [7, 11) is 0. The molecule has 0 heterocycles. The molecule has 2 N–H and O–H groups in total. The van der Waals surface area contributed by atoms with Crippen molar-refractivity contribution in [2.75, 3.05) is 6.61 Å². The molecule has 0 radical (unpaired) electrons. The van der Waals surface area contributed by atoms with Crippen molar-refractivity contribution in [1.82, 2.24) is 0 Å². The maximum Gasteiger partial charge on any atom is 0.322 e. The van der Waals surface area contributed by atoms with E-state index in [-0.39, 0.29) is 5.97 Å². The molecule has 15 heavy (non-hydrogen) atoms. The van der Waals surface area contributed by atoms with E-state index in [1.54, 1.807) is 0 Å². The van der Waals surface area contributed by atoms with E-state index in [4.69, 9.17) is 10.5 Å². The van der Waals surface area contributed by atoms with Crippen LogP contribution in [0.5, 0.6) is 0 Å². The minimum Gasteiger partial charge on any atom is -0.464 e. The highest BCUT2D eigenvalue weighted by Gasteiger charge is 2.19. The smallest absolute Gasteiger partial charge is 0.322 e. The predicted molar refractivity (Wildman–Crippen MR) is 60.4 cm³/mol. The van der Waals surface area contributed by atoms with Gasteiger partial charge in [-0.1, -0.05) is 32.6 Å². The molecule has 3 heteroatoms. The number of carbonyl (C=O) groups is 1. The molecule has 3 nitrogen and oxygen atoms in total. The third-order valence-electron chi connectivity index (χ3n) is 3.11. The average Bonchev–Trinajstić information content (AvgIpc) is 2.75. The fourth-order valence-corrected chi connectivity index (χ4v) is 2.03. The van der Waals surface area contributed by atoms with Crippen molar-refractivity contribution in [3.63, 3.8) is 0 Å². The van der Waals surface area contributed by atoms with Crippen LogP contribution in [0.1, 0.15) is 51.9 Å². The minimum atomic E-state index is -0.411. The van der Waals surface area contributed by atoms with Gasteiger partial charge in [-0.3, -0.25) is 4.79 Å². The lowest BCUT2D eigenvalue weighted by Gasteiger charge is -2.13. The highest BCUT2D eigenvalue weighted by molar-refractivity contribution is 5.75. The molecule has 1 aliphatic carbocycles. The van der Waals surface area contributed by atoms with Crippen LogP contribution in [0.4, 0.5) is 0 Å². The summed E-state index contributed by atoms with van der Waals surface area (Å²) in [4.78, 5) is 11.5. The van der Waals surface area contributed by atoms with E-state index in [9.17, 15) is 4.79 Å². The lowest BCUT2D eigenvalue weighted by molar-refractivity contribution is -0.146. The Balaban J connectivity index is 2.11. The molecule has 0 amide bonds. The number of hydrogen-bond acceptors (Lipinski definition) is 3. The summed E-state index contributed by atoms with van der Waals surface area (Å²) in [5.41, 5.74) is 5.71. The minimum absolute atomic E-state index is 0.213. The fraction of sp³-hybridized carbons (Fsp3) is 0.917. The normalized spacial score (nSPS) is 19.1. The van der Waals surface area contributed by atoms with Crippen LogP contribution in [0.3, 0.4) is 0 Å². The molecule has 1 fully saturated rings. The predicted octanol–water partition coefficient (Wildman–Crippen LogP) is 2.24. The molecule has 0 aliphatic heterocycles. The third-order valence-corrected chi connectivity index (χ3v) is 3.11. The van der Waals surface area contributed by atoms with Crippen LogP contribution < -0.4 is 5.73 Å². The highest BCUT2D eigenvalue weighted by atomic mass is 16.5. The van der Waals surface area contributed by atoms with Crippen molar-refractivity contribution in [2.24, 2.45) is 11.7 Å². The molecule has 0 spiro atoms. The van der Waals surface area contributed by atoms with Crippen LogP contribution in [0.2, 0.25) is 0 Å². The van der Waals surface area contributed by atoms with Crippen molar-refractivity contribution < 1.29 is 9.53 Å². The van der Waals surface area contributed by atoms with Gasteiger partial charge < -0.3 is 10.5 Å². The highest BCUT2D eigenvalue weighted by Crippen LogP contribution is 2.24. The zero-order valence-corrected chi connectivity index (χ0v) is 9.71. The summed E-state index contributed by atoms with van der Waals surface area (Å²) in [6, 6.07) is -0.411. The van der Waals surface area contributed by atoms with Gasteiger partial charge in [0.2, 0.25) is 0 Å². The molecule has 0 unspecified atom stereocenters. The molecule has 1 saturated carbocycles. The molecule has 0 aromatic heterocycles. The Hall–Kier alpha value is -0.570. The molecule has 1 aliphatic rings. The first kappa shape index (κ1) is 12.5. The number of carbonyl (C=O) groups excluding carboxylic acids is 1. The molecular formula is C12H23NO2. The largest absolute Gasteiger partial charge is 0.464 e. The van der Waals surface area contributed by atoms with E-state index >= 15 is 0 Å². The van der Waals surface area contributed by atoms with Gasteiger partial charge in [0, 0.05) is 0 Å². The monoisotopic (exact) mass is 213 g/mol. The summed E-state index contributed by atoms with van der Waals surface area (Å²) >= 11 is 0. The molecule has 88 valence electrons. The van der Waals surface area contributed by atoms with Crippen LogP contribution >= 0.6 is 0 Å². The Kier molecular flexibility index (Phi) is 5.69. The zero-order valence-electron chi connectivity index (χ0n) is 9.71. The maximum atomic E-state index is 11.5. The molecule has 0 bridgehead atoms. The van der Waals surface area contributed by atoms with Gasteiger partial charge >= 0.3 is 5.97 Å². The Morgan fingerprint density at radius 1 is 1.47 bits per heavy atom. The summed E-state index contributed by atoms with van der Waals surface area (Å²) in [5.74, 6) is 0.377. The van der Waals surface area contributed by atoms with Gasteiger partial charge in [0.05, 0.1) is 6.61 Å². The fourth-order valence-electron chi connectivity index (χ4n) is 2.03. The van der Waals surface area contributed by atoms with E-state index in [1.807, 2.05) is 0 Å². The topological polar surface area (TPSA) is 52.3 Å². The molecule has 1 rings (SSSR count). The number of rotatable bonds is 6. The molecule has 0 aromatic carbocycles. The van der Waals surface area contributed by atoms with Crippen molar-refractivity contribution in [1.29, 1.82) is 0 Å². The first-order valence-electron chi connectivity index (χ1n) is 6.16. The number of ether oxygens (including phenoxy) is 1. The number of nitrogens with two attached hydrogens (primary N) is 1. The van der Waals surface area contributed by atoms with Crippen LogP contribution in [-0.2, 0) is 9.53 Å². The number of unbranched alkanes of at least 4 members (excludes halogenated alkanes) is 1. The number of esters is 1. The van der Waals surface area contributed by atoms with E-state index in [1.165, 1.54) is 25.7 Å². The van der Waals surface area contributed by atoms with Crippen LogP contribution in [0.15, 0.2) is 0 Å². The van der Waals surface area contributed by atoms with Crippen molar-refractivity contribution in [3.8, 4) is 0 Å². The SMILES string of the molecule is CCCC[C@H](N)C(=O)OCC1CCCC1. The Bertz CT molecular complexity index is 188. The lowest BCUT2D eigenvalue weighted by Crippen LogP contribution is -2.33. The molecule has 1 atom stereocenters. The quantitative estimate of drug-likeness (QED) is 0.688. The van der Waals surface area contributed by atoms with Crippen LogP contribution in [0, 0.1) is 5.92 Å². The summed E-state index contributed by atoms with van der Waals surface area (Å²) in [6.07, 6.45) is 7.80. The third kappa shape index (κ3) is 4.65. The van der Waals surface area contributed by atoms with Gasteiger partial charge in [-0.25, -0.2) is 0 Å². The van der Waals surface area contributed by atoms with E-state index < -0.39 is 6.04 Å². The van der Waals surface area contributed by atoms with Crippen molar-refractivity contribution in [3.05, 3.63) is 0 Å². The van der Waals surface area contributed by atoms with Gasteiger partial charge in [0.1, 0.15) is 6.04 Å². The Morgan fingerprint density at radius 2 is 2.13 bits per heavy atom. The van der Waals surface area contributed by atoms with Crippen LogP contribution in [-0.4, -0.2) is 18.6 Å². The second-order valence-corrected chi connectivity index (χ2v) is 4.53. The summed E-state index contributed by atoms with van der Waals surface area (Å²) in [5, 5.41) is 0. The van der Waals surface area contributed by atoms with Gasteiger partial charge in [0.25, 0.3) is 0 Å². The second-order valence-electron chi connectivity index (χ2n) is 4.53. The van der Waals surface area contributed by atoms with Crippen molar-refractivity contribution in [2.45, 2.75) is 57.9 Å². The first-order chi connectivity index (χ1) is 7.24. The summed E-state index contributed by atoms with van der Waals surface area (Å²) < 4.78 is 5.22. The van der Waals surface area contributed by atoms with Crippen molar-refractivity contribution >= 4 is 5.97 Å². The molecule has 0 aromatic rings. The van der Waals surface area contributed by atoms with Crippen LogP contribution in [0.25, 0.3) is 0 Å². The van der Waals surface area contributed by atoms with E-state index in [0.717, 1.165) is 19.3 Å². The van der Waals surface area contributed by atoms with E-state index in [2.05, 4.69) is 6.92 Å². The lowest BCUT2D eigenvalue weighted by atomic mass is 10.1.